The summed E-state index contributed by atoms with van der Waals surface area (Å²) in [7, 11) is -0.670. The van der Waals surface area contributed by atoms with Crippen molar-refractivity contribution in [2.45, 2.75) is 122 Å². The molecule has 9 heteroatoms. The van der Waals surface area contributed by atoms with Gasteiger partial charge in [0.25, 0.3) is 0 Å². The Labute approximate surface area is 293 Å². The van der Waals surface area contributed by atoms with Crippen molar-refractivity contribution in [3.8, 4) is 0 Å². The number of esters is 1. The predicted molar refractivity (Wildman–Crippen MR) is 195 cm³/mol. The van der Waals surface area contributed by atoms with Crippen molar-refractivity contribution in [3.63, 3.8) is 0 Å². The van der Waals surface area contributed by atoms with Gasteiger partial charge >= 0.3 is 5.97 Å². The highest BCUT2D eigenvalue weighted by molar-refractivity contribution is 6.74. The number of ether oxygens (including phenoxy) is 5. The molecule has 268 valence electrons. The van der Waals surface area contributed by atoms with Gasteiger partial charge in [-0.1, -0.05) is 87.5 Å². The molecule has 1 heterocycles. The zero-order valence-corrected chi connectivity index (χ0v) is 31.6. The maximum absolute atomic E-state index is 13.5. The van der Waals surface area contributed by atoms with Crippen LogP contribution in [0.25, 0.3) is 10.8 Å². The molecule has 4 rings (SSSR count). The number of rotatable bonds is 17. The summed E-state index contributed by atoms with van der Waals surface area (Å²) >= 11 is 0. The highest BCUT2D eigenvalue weighted by atomic mass is 28.4. The Morgan fingerprint density at radius 2 is 1.57 bits per heavy atom. The topological polar surface area (TPSA) is 89.5 Å². The van der Waals surface area contributed by atoms with E-state index < -0.39 is 32.9 Å². The Hall–Kier alpha value is -2.92. The smallest absolute Gasteiger partial charge is 0.308 e. The van der Waals surface area contributed by atoms with Crippen LogP contribution in [-0.2, 0) is 37.7 Å². The van der Waals surface area contributed by atoms with Crippen molar-refractivity contribution in [3.05, 3.63) is 83.9 Å². The molecule has 0 aromatic heterocycles. The van der Waals surface area contributed by atoms with Crippen LogP contribution in [0.1, 0.15) is 90.2 Å². The number of Topliss-reactive ketones (excluding diaryl/α,β-unsaturated/α-hetero) is 1. The Morgan fingerprint density at radius 1 is 0.898 bits per heavy atom. The molecule has 1 aliphatic heterocycles. The molecule has 0 aliphatic carbocycles. The van der Waals surface area contributed by atoms with Crippen molar-refractivity contribution in [2.24, 2.45) is 0 Å². The molecule has 49 heavy (non-hydrogen) atoms. The summed E-state index contributed by atoms with van der Waals surface area (Å²) in [6, 6.07) is 24.0. The number of hydrogen-bond acceptors (Lipinski definition) is 8. The third kappa shape index (κ3) is 11.6. The van der Waals surface area contributed by atoms with E-state index >= 15 is 0 Å². The second-order valence-corrected chi connectivity index (χ2v) is 19.4. The van der Waals surface area contributed by atoms with E-state index in [2.05, 4.69) is 52.1 Å². The lowest BCUT2D eigenvalue weighted by Gasteiger charge is -2.40. The first-order chi connectivity index (χ1) is 23.3. The zero-order chi connectivity index (χ0) is 35.6. The van der Waals surface area contributed by atoms with Crippen molar-refractivity contribution < 1.29 is 37.7 Å². The molecule has 8 nitrogen and oxygen atoms in total. The van der Waals surface area contributed by atoms with Gasteiger partial charge in [-0.2, -0.15) is 0 Å². The Kier molecular flexibility index (Phi) is 14.1. The fourth-order valence-corrected chi connectivity index (χ4v) is 7.28. The molecule has 1 aliphatic rings. The molecule has 0 unspecified atom stereocenters. The Bertz CT molecular complexity index is 1490. The number of benzene rings is 3. The minimum Gasteiger partial charge on any atom is -0.458 e. The fourth-order valence-electron chi connectivity index (χ4n) is 5.92. The summed E-state index contributed by atoms with van der Waals surface area (Å²) in [5.74, 6) is -0.312. The van der Waals surface area contributed by atoms with Crippen LogP contribution in [0.3, 0.4) is 0 Å². The quantitative estimate of drug-likeness (QED) is 0.102. The summed E-state index contributed by atoms with van der Waals surface area (Å²) < 4.78 is 36.7. The molecular weight excluding hydrogens is 637 g/mol. The third-order valence-electron chi connectivity index (χ3n) is 9.72. The summed E-state index contributed by atoms with van der Waals surface area (Å²) in [5, 5.41) is 2.17. The van der Waals surface area contributed by atoms with E-state index in [4.69, 9.17) is 28.1 Å². The molecule has 0 saturated carbocycles. The van der Waals surface area contributed by atoms with Crippen LogP contribution in [0.5, 0.6) is 0 Å². The largest absolute Gasteiger partial charge is 0.458 e. The second-order valence-electron chi connectivity index (χ2n) is 14.6. The van der Waals surface area contributed by atoms with Gasteiger partial charge in [-0.15, -0.1) is 0 Å². The number of carbonyl (C=O) groups is 2. The maximum atomic E-state index is 13.5. The molecule has 1 fully saturated rings. The Balaban J connectivity index is 1.41. The molecule has 3 aromatic rings. The molecular formula is C40H56O8Si. The average molecular weight is 693 g/mol. The van der Waals surface area contributed by atoms with Crippen LogP contribution in [0, 0.1) is 0 Å². The lowest BCUT2D eigenvalue weighted by molar-refractivity contribution is -0.256. The van der Waals surface area contributed by atoms with Gasteiger partial charge in [-0.05, 0) is 60.8 Å². The lowest BCUT2D eigenvalue weighted by Crippen LogP contribution is -2.45. The molecule has 0 radical (unpaired) electrons. The number of methoxy groups -OCH3 is 1. The predicted octanol–water partition coefficient (Wildman–Crippen LogP) is 8.89. The highest BCUT2D eigenvalue weighted by Crippen LogP contribution is 2.39. The number of carbonyl (C=O) groups excluding carboxylic acids is 2. The van der Waals surface area contributed by atoms with E-state index in [1.54, 1.807) is 7.11 Å². The van der Waals surface area contributed by atoms with Gasteiger partial charge in [0.15, 0.2) is 14.6 Å². The first-order valence-corrected chi connectivity index (χ1v) is 20.5. The van der Waals surface area contributed by atoms with Crippen molar-refractivity contribution in [1.29, 1.82) is 0 Å². The molecule has 0 N–H and O–H groups in total. The summed E-state index contributed by atoms with van der Waals surface area (Å²) in [5.41, 5.74) is 1.84. The minimum absolute atomic E-state index is 0.0271. The van der Waals surface area contributed by atoms with Gasteiger partial charge in [0.05, 0.1) is 37.4 Å². The van der Waals surface area contributed by atoms with Crippen LogP contribution in [0.4, 0.5) is 0 Å². The number of ketones is 1. The molecule has 3 aromatic carbocycles. The van der Waals surface area contributed by atoms with Gasteiger partial charge in [-0.3, -0.25) is 9.59 Å². The van der Waals surface area contributed by atoms with Crippen LogP contribution >= 0.6 is 0 Å². The lowest BCUT2D eigenvalue weighted by atomic mass is 9.98. The molecule has 0 amide bonds. The van der Waals surface area contributed by atoms with Crippen molar-refractivity contribution in [1.82, 2.24) is 0 Å². The van der Waals surface area contributed by atoms with Gasteiger partial charge < -0.3 is 28.1 Å². The first-order valence-electron chi connectivity index (χ1n) is 17.6. The molecule has 0 spiro atoms. The van der Waals surface area contributed by atoms with Crippen molar-refractivity contribution >= 4 is 30.8 Å². The van der Waals surface area contributed by atoms with Gasteiger partial charge in [0.1, 0.15) is 11.9 Å². The molecule has 6 atom stereocenters. The van der Waals surface area contributed by atoms with Gasteiger partial charge in [0, 0.05) is 38.5 Å². The fraction of sp³-hybridized carbons (Fsp3) is 0.550. The second kappa shape index (κ2) is 17.8. The first kappa shape index (κ1) is 38.9. The van der Waals surface area contributed by atoms with E-state index in [0.29, 0.717) is 26.1 Å². The van der Waals surface area contributed by atoms with Crippen molar-refractivity contribution in [2.75, 3.05) is 20.3 Å². The number of fused-ring (bicyclic) bond motifs is 1. The highest BCUT2D eigenvalue weighted by Gasteiger charge is 2.40. The molecule has 1 saturated heterocycles. The van der Waals surface area contributed by atoms with E-state index in [9.17, 15) is 9.59 Å². The monoisotopic (exact) mass is 692 g/mol. The van der Waals surface area contributed by atoms with E-state index in [0.717, 1.165) is 21.9 Å². The normalized spacial score (nSPS) is 20.4. The summed E-state index contributed by atoms with van der Waals surface area (Å²) in [6.45, 7) is 15.7. The third-order valence-corrected chi connectivity index (χ3v) is 14.3. The summed E-state index contributed by atoms with van der Waals surface area (Å²) in [6.07, 6.45) is -0.951. The van der Waals surface area contributed by atoms with Crippen LogP contribution < -0.4 is 0 Å². The van der Waals surface area contributed by atoms with Crippen LogP contribution in [-0.4, -0.2) is 64.8 Å². The SMILES string of the molecule is CCOC[C@H]1C[C@@H](CC(=O)C[C@H](C[C@@H](CC(=O)O[C@@H](C)c2ccc3ccccc3c2)O[Si](C)(C)C(C)(C)C)OC)O[C@@H](c2ccccc2)O1. The van der Waals surface area contributed by atoms with E-state index in [-0.39, 0.29) is 48.3 Å². The Morgan fingerprint density at radius 3 is 2.24 bits per heavy atom. The van der Waals surface area contributed by atoms with E-state index in [1.807, 2.05) is 68.4 Å². The zero-order valence-electron chi connectivity index (χ0n) is 30.6. The van der Waals surface area contributed by atoms with E-state index in [1.165, 1.54) is 0 Å². The molecule has 0 bridgehead atoms. The van der Waals surface area contributed by atoms with Crippen LogP contribution in [0.2, 0.25) is 18.1 Å². The van der Waals surface area contributed by atoms with Gasteiger partial charge in [0.2, 0.25) is 0 Å². The summed E-state index contributed by atoms with van der Waals surface area (Å²) in [4.78, 5) is 26.9. The maximum Gasteiger partial charge on any atom is 0.308 e. The number of hydrogen-bond donors (Lipinski definition) is 0. The average Bonchev–Trinajstić information content (AvgIpc) is 3.06. The van der Waals surface area contributed by atoms with Crippen LogP contribution in [0.15, 0.2) is 72.8 Å². The standard InChI is InChI=1S/C40H56O8Si/c1-9-44-27-37-25-35(46-39(47-37)30-16-11-10-12-17-30)23-33(41)22-34(43-6)24-36(48-49(7,8)40(3,4)5)26-38(42)45-28(2)31-20-19-29-15-13-14-18-32(29)21-31/h10-21,28,34-37,39H,9,22-27H2,1-8H3/t28-,34+,35+,36-,37+,39+/m0/s1. The van der Waals surface area contributed by atoms with Gasteiger partial charge in [-0.25, -0.2) is 0 Å². The minimum atomic E-state index is -2.28.